The van der Waals surface area contributed by atoms with Gasteiger partial charge in [-0.25, -0.2) is 4.98 Å². The first-order valence-corrected chi connectivity index (χ1v) is 7.27. The molecule has 1 aromatic heterocycles. The van der Waals surface area contributed by atoms with Crippen molar-refractivity contribution in [3.63, 3.8) is 0 Å². The Bertz CT molecular complexity index is 370. The number of aromatic nitrogens is 3. The van der Waals surface area contributed by atoms with E-state index in [-0.39, 0.29) is 0 Å². The van der Waals surface area contributed by atoms with Crippen LogP contribution < -0.4 is 5.32 Å². The zero-order chi connectivity index (χ0) is 13.0. The van der Waals surface area contributed by atoms with Crippen LogP contribution in [0.5, 0.6) is 0 Å². The molecule has 0 bridgehead atoms. The zero-order valence-corrected chi connectivity index (χ0v) is 11.9. The van der Waals surface area contributed by atoms with Crippen molar-refractivity contribution in [2.75, 3.05) is 13.1 Å². The van der Waals surface area contributed by atoms with E-state index < -0.39 is 0 Å². The fraction of sp³-hybridized carbons (Fsp3) is 0.857. The third-order valence-corrected chi connectivity index (χ3v) is 4.08. The van der Waals surface area contributed by atoms with Gasteiger partial charge in [-0.15, -0.1) is 0 Å². The Balaban J connectivity index is 2.01. The predicted molar refractivity (Wildman–Crippen MR) is 73.4 cm³/mol. The van der Waals surface area contributed by atoms with Crippen LogP contribution in [0.1, 0.15) is 45.9 Å². The predicted octanol–water partition coefficient (Wildman–Crippen LogP) is 2.26. The van der Waals surface area contributed by atoms with Crippen molar-refractivity contribution in [3.8, 4) is 0 Å². The Kier molecular flexibility index (Phi) is 4.38. The van der Waals surface area contributed by atoms with E-state index in [9.17, 15) is 0 Å². The molecule has 1 aliphatic rings. The molecule has 0 amide bonds. The Hall–Kier alpha value is -0.900. The number of nitrogens with one attached hydrogen (secondary N) is 1. The van der Waals surface area contributed by atoms with Gasteiger partial charge < -0.3 is 5.32 Å². The van der Waals surface area contributed by atoms with Gasteiger partial charge in [0.2, 0.25) is 0 Å². The topological polar surface area (TPSA) is 42.7 Å². The van der Waals surface area contributed by atoms with Gasteiger partial charge in [0, 0.05) is 19.5 Å². The average Bonchev–Trinajstić information content (AvgIpc) is 3.12. The number of rotatable bonds is 8. The maximum absolute atomic E-state index is 4.43. The second-order valence-electron chi connectivity index (χ2n) is 5.77. The highest BCUT2D eigenvalue weighted by atomic mass is 15.3. The highest BCUT2D eigenvalue weighted by molar-refractivity contribution is 5.00. The van der Waals surface area contributed by atoms with E-state index in [0.29, 0.717) is 5.41 Å². The minimum atomic E-state index is 0.342. The highest BCUT2D eigenvalue weighted by Crippen LogP contribution is 2.46. The molecule has 18 heavy (non-hydrogen) atoms. The monoisotopic (exact) mass is 250 g/mol. The van der Waals surface area contributed by atoms with Crippen LogP contribution in [-0.4, -0.2) is 27.9 Å². The van der Waals surface area contributed by atoms with Crippen LogP contribution in [0, 0.1) is 11.3 Å². The van der Waals surface area contributed by atoms with Crippen LogP contribution in [0.2, 0.25) is 0 Å². The molecule has 1 atom stereocenters. The summed E-state index contributed by atoms with van der Waals surface area (Å²) in [7, 11) is 0. The lowest BCUT2D eigenvalue weighted by atomic mass is 9.81. The zero-order valence-electron chi connectivity index (χ0n) is 11.9. The SMILES string of the molecule is CCCNCC(C)(Cc1ncnn1CC)C1CC1. The highest BCUT2D eigenvalue weighted by Gasteiger charge is 2.41. The van der Waals surface area contributed by atoms with Crippen LogP contribution in [0.15, 0.2) is 6.33 Å². The van der Waals surface area contributed by atoms with E-state index in [2.05, 4.69) is 36.2 Å². The Morgan fingerprint density at radius 2 is 2.22 bits per heavy atom. The molecule has 102 valence electrons. The summed E-state index contributed by atoms with van der Waals surface area (Å²) in [6.07, 6.45) is 6.69. The number of aryl methyl sites for hydroxylation is 1. The molecule has 4 nitrogen and oxygen atoms in total. The van der Waals surface area contributed by atoms with E-state index in [1.807, 2.05) is 4.68 Å². The molecule has 2 rings (SSSR count). The molecule has 1 aliphatic carbocycles. The van der Waals surface area contributed by atoms with Crippen LogP contribution in [0.4, 0.5) is 0 Å². The lowest BCUT2D eigenvalue weighted by molar-refractivity contribution is 0.247. The van der Waals surface area contributed by atoms with Crippen LogP contribution in [0.3, 0.4) is 0 Å². The maximum Gasteiger partial charge on any atom is 0.138 e. The molecule has 4 heteroatoms. The third kappa shape index (κ3) is 3.10. The van der Waals surface area contributed by atoms with Crippen molar-refractivity contribution in [2.45, 2.75) is 53.0 Å². The van der Waals surface area contributed by atoms with Gasteiger partial charge in [0.15, 0.2) is 0 Å². The smallest absolute Gasteiger partial charge is 0.138 e. The molecule has 0 saturated heterocycles. The first-order valence-electron chi connectivity index (χ1n) is 7.27. The molecule has 1 heterocycles. The second kappa shape index (κ2) is 5.83. The Morgan fingerprint density at radius 3 is 2.83 bits per heavy atom. The number of nitrogens with zero attached hydrogens (tertiary/aromatic N) is 3. The maximum atomic E-state index is 4.43. The normalized spacial score (nSPS) is 18.8. The molecule has 0 radical (unpaired) electrons. The molecule has 1 saturated carbocycles. The molecular weight excluding hydrogens is 224 g/mol. The molecule has 0 spiro atoms. The largest absolute Gasteiger partial charge is 0.316 e. The van der Waals surface area contributed by atoms with Crippen molar-refractivity contribution in [1.29, 1.82) is 0 Å². The summed E-state index contributed by atoms with van der Waals surface area (Å²) in [5, 5.41) is 7.87. The average molecular weight is 250 g/mol. The van der Waals surface area contributed by atoms with Gasteiger partial charge in [-0.2, -0.15) is 5.10 Å². The van der Waals surface area contributed by atoms with Crippen molar-refractivity contribution in [2.24, 2.45) is 11.3 Å². The summed E-state index contributed by atoms with van der Waals surface area (Å²) in [6, 6.07) is 0. The van der Waals surface area contributed by atoms with E-state index in [4.69, 9.17) is 0 Å². The quantitative estimate of drug-likeness (QED) is 0.720. The summed E-state index contributed by atoms with van der Waals surface area (Å²) >= 11 is 0. The van der Waals surface area contributed by atoms with E-state index in [1.54, 1.807) is 6.33 Å². The van der Waals surface area contributed by atoms with Crippen LogP contribution in [0.25, 0.3) is 0 Å². The molecular formula is C14H26N4. The molecule has 1 fully saturated rings. The fourth-order valence-electron chi connectivity index (χ4n) is 2.73. The van der Waals surface area contributed by atoms with E-state index >= 15 is 0 Å². The standard InChI is InChI=1S/C14H26N4/c1-4-8-15-10-14(3,12-6-7-12)9-13-16-11-17-18(13)5-2/h11-12,15H,4-10H2,1-3H3. The van der Waals surface area contributed by atoms with Crippen LogP contribution in [-0.2, 0) is 13.0 Å². The van der Waals surface area contributed by atoms with Crippen molar-refractivity contribution < 1.29 is 0 Å². The fourth-order valence-corrected chi connectivity index (χ4v) is 2.73. The van der Waals surface area contributed by atoms with Crippen molar-refractivity contribution in [1.82, 2.24) is 20.1 Å². The Labute approximate surface area is 110 Å². The lowest BCUT2D eigenvalue weighted by Gasteiger charge is -2.30. The number of hydrogen-bond donors (Lipinski definition) is 1. The first kappa shape index (κ1) is 13.5. The first-order chi connectivity index (χ1) is 8.69. The summed E-state index contributed by atoms with van der Waals surface area (Å²) in [4.78, 5) is 4.43. The minimum Gasteiger partial charge on any atom is -0.316 e. The molecule has 0 aromatic carbocycles. The van der Waals surface area contributed by atoms with Gasteiger partial charge in [-0.1, -0.05) is 13.8 Å². The molecule has 1 aromatic rings. The lowest BCUT2D eigenvalue weighted by Crippen LogP contribution is -2.36. The summed E-state index contributed by atoms with van der Waals surface area (Å²) in [5.74, 6) is 2.01. The van der Waals surface area contributed by atoms with Gasteiger partial charge in [0.05, 0.1) is 0 Å². The van der Waals surface area contributed by atoms with Gasteiger partial charge in [0.25, 0.3) is 0 Å². The van der Waals surface area contributed by atoms with Crippen molar-refractivity contribution >= 4 is 0 Å². The minimum absolute atomic E-state index is 0.342. The second-order valence-corrected chi connectivity index (χ2v) is 5.77. The van der Waals surface area contributed by atoms with Crippen molar-refractivity contribution in [3.05, 3.63) is 12.2 Å². The Morgan fingerprint density at radius 1 is 1.44 bits per heavy atom. The summed E-state index contributed by atoms with van der Waals surface area (Å²) in [6.45, 7) is 9.88. The van der Waals surface area contributed by atoms with Gasteiger partial charge >= 0.3 is 0 Å². The van der Waals surface area contributed by atoms with E-state index in [0.717, 1.165) is 37.8 Å². The molecule has 1 N–H and O–H groups in total. The van der Waals surface area contributed by atoms with Crippen LogP contribution >= 0.6 is 0 Å². The van der Waals surface area contributed by atoms with E-state index in [1.165, 1.54) is 19.3 Å². The summed E-state index contributed by atoms with van der Waals surface area (Å²) in [5.41, 5.74) is 0.342. The van der Waals surface area contributed by atoms with Gasteiger partial charge in [-0.3, -0.25) is 4.68 Å². The molecule has 1 unspecified atom stereocenters. The van der Waals surface area contributed by atoms with Gasteiger partial charge in [0.1, 0.15) is 12.2 Å². The van der Waals surface area contributed by atoms with Gasteiger partial charge in [-0.05, 0) is 44.1 Å². The third-order valence-electron chi connectivity index (χ3n) is 4.08. The molecule has 0 aliphatic heterocycles. The summed E-state index contributed by atoms with van der Waals surface area (Å²) < 4.78 is 2.03. The number of hydrogen-bond acceptors (Lipinski definition) is 3.